The number of carbonyl (C=O) groups excluding carboxylic acids is 1. The smallest absolute Gasteiger partial charge is 0.155 e. The summed E-state index contributed by atoms with van der Waals surface area (Å²) in [4.78, 5) is 11.5. The fourth-order valence-corrected chi connectivity index (χ4v) is 3.62. The zero-order chi connectivity index (χ0) is 11.3. The second kappa shape index (κ2) is 3.20. The van der Waals surface area contributed by atoms with Gasteiger partial charge < -0.3 is 0 Å². The lowest BCUT2D eigenvalue weighted by Gasteiger charge is -2.54. The number of fused-ring (bicyclic) bond motifs is 1. The van der Waals surface area contributed by atoms with Crippen LogP contribution in [0.4, 0.5) is 0 Å². The molecule has 3 atom stereocenters. The van der Waals surface area contributed by atoms with Crippen LogP contribution in [0.2, 0.25) is 0 Å². The second-order valence-electron chi connectivity index (χ2n) is 6.39. The fraction of sp³-hybridized carbons (Fsp3) is 0.786. The molecule has 0 aromatic rings. The van der Waals surface area contributed by atoms with E-state index in [-0.39, 0.29) is 5.41 Å². The Labute approximate surface area is 92.9 Å². The van der Waals surface area contributed by atoms with E-state index in [1.165, 1.54) is 12.8 Å². The highest BCUT2D eigenvalue weighted by atomic mass is 16.1. The average Bonchev–Trinajstić information content (AvgIpc) is 2.11. The van der Waals surface area contributed by atoms with Gasteiger partial charge in [0.1, 0.15) is 0 Å². The lowest BCUT2D eigenvalue weighted by Crippen LogP contribution is -2.47. The topological polar surface area (TPSA) is 17.1 Å². The molecule has 0 bridgehead atoms. The number of rotatable bonds is 0. The van der Waals surface area contributed by atoms with Gasteiger partial charge in [-0.2, -0.15) is 0 Å². The van der Waals surface area contributed by atoms with Crippen LogP contribution in [0, 0.1) is 22.7 Å². The van der Waals surface area contributed by atoms with Crippen LogP contribution < -0.4 is 0 Å². The molecule has 0 radical (unpaired) electrons. The van der Waals surface area contributed by atoms with E-state index in [0.29, 0.717) is 17.1 Å². The molecule has 0 N–H and O–H groups in total. The Balaban J connectivity index is 2.39. The molecule has 2 rings (SSSR count). The Morgan fingerprint density at radius 3 is 2.67 bits per heavy atom. The number of allylic oxidation sites excluding steroid dienone is 2. The van der Waals surface area contributed by atoms with Gasteiger partial charge in [-0.3, -0.25) is 4.79 Å². The van der Waals surface area contributed by atoms with Crippen molar-refractivity contribution >= 4 is 5.78 Å². The maximum atomic E-state index is 11.5. The van der Waals surface area contributed by atoms with E-state index < -0.39 is 0 Å². The summed E-state index contributed by atoms with van der Waals surface area (Å²) in [5.74, 6) is 1.65. The first-order valence-corrected chi connectivity index (χ1v) is 6.07. The fourth-order valence-electron chi connectivity index (χ4n) is 3.62. The summed E-state index contributed by atoms with van der Waals surface area (Å²) in [5.41, 5.74) is 0.562. The molecule has 0 saturated heterocycles. The van der Waals surface area contributed by atoms with Crippen LogP contribution in [0.3, 0.4) is 0 Å². The first-order chi connectivity index (χ1) is 6.86. The quantitative estimate of drug-likeness (QED) is 0.592. The van der Waals surface area contributed by atoms with E-state index in [1.807, 2.05) is 6.08 Å². The summed E-state index contributed by atoms with van der Waals surface area (Å²) in [7, 11) is 0. The molecular formula is C14H22O. The van der Waals surface area contributed by atoms with Gasteiger partial charge in [0.15, 0.2) is 5.78 Å². The number of hydrogen-bond donors (Lipinski definition) is 0. The SMILES string of the molecule is CC1CCC2(C)CC(=O)C=CC2C1(C)C. The van der Waals surface area contributed by atoms with Gasteiger partial charge in [-0.1, -0.05) is 33.8 Å². The van der Waals surface area contributed by atoms with Crippen molar-refractivity contribution in [3.8, 4) is 0 Å². The van der Waals surface area contributed by atoms with Crippen LogP contribution in [-0.2, 0) is 4.79 Å². The summed E-state index contributed by atoms with van der Waals surface area (Å²) in [6, 6.07) is 0. The predicted molar refractivity (Wildman–Crippen MR) is 62.5 cm³/mol. The van der Waals surface area contributed by atoms with Gasteiger partial charge in [-0.25, -0.2) is 0 Å². The first-order valence-electron chi connectivity index (χ1n) is 6.07. The summed E-state index contributed by atoms with van der Waals surface area (Å²) in [6.45, 7) is 9.37. The lowest BCUT2D eigenvalue weighted by atomic mass is 9.50. The largest absolute Gasteiger partial charge is 0.295 e. The molecule has 0 aliphatic heterocycles. The standard InChI is InChI=1S/C14H22O/c1-10-7-8-14(4)9-11(15)5-6-12(14)13(10,2)3/h5-6,10,12H,7-9H2,1-4H3. The molecule has 84 valence electrons. The Bertz CT molecular complexity index is 313. The van der Waals surface area contributed by atoms with E-state index in [2.05, 4.69) is 33.8 Å². The molecule has 0 spiro atoms. The number of ketones is 1. The van der Waals surface area contributed by atoms with Gasteiger partial charge in [0.05, 0.1) is 0 Å². The highest BCUT2D eigenvalue weighted by Crippen LogP contribution is 2.57. The number of hydrogen-bond acceptors (Lipinski definition) is 1. The van der Waals surface area contributed by atoms with Gasteiger partial charge >= 0.3 is 0 Å². The summed E-state index contributed by atoms with van der Waals surface area (Å²) < 4.78 is 0. The first kappa shape index (κ1) is 10.9. The van der Waals surface area contributed by atoms with Crippen molar-refractivity contribution < 1.29 is 4.79 Å². The molecule has 1 heteroatoms. The summed E-state index contributed by atoms with van der Waals surface area (Å²) in [5, 5.41) is 0. The maximum absolute atomic E-state index is 11.5. The van der Waals surface area contributed by atoms with Crippen molar-refractivity contribution in [2.24, 2.45) is 22.7 Å². The van der Waals surface area contributed by atoms with E-state index in [0.717, 1.165) is 12.3 Å². The predicted octanol–water partition coefficient (Wildman–Crippen LogP) is 3.59. The van der Waals surface area contributed by atoms with Crippen molar-refractivity contribution in [1.29, 1.82) is 0 Å². The molecule has 0 heterocycles. The normalized spacial score (nSPS) is 43.9. The average molecular weight is 206 g/mol. The van der Waals surface area contributed by atoms with Crippen molar-refractivity contribution in [3.63, 3.8) is 0 Å². The van der Waals surface area contributed by atoms with Crippen LogP contribution >= 0.6 is 0 Å². The minimum absolute atomic E-state index is 0.224. The minimum Gasteiger partial charge on any atom is -0.295 e. The third kappa shape index (κ3) is 1.56. The summed E-state index contributed by atoms with van der Waals surface area (Å²) >= 11 is 0. The van der Waals surface area contributed by atoms with Gasteiger partial charge in [0.25, 0.3) is 0 Å². The van der Waals surface area contributed by atoms with Gasteiger partial charge in [-0.15, -0.1) is 0 Å². The van der Waals surface area contributed by atoms with Gasteiger partial charge in [0, 0.05) is 6.42 Å². The van der Waals surface area contributed by atoms with Crippen molar-refractivity contribution in [2.45, 2.75) is 47.0 Å². The van der Waals surface area contributed by atoms with Crippen molar-refractivity contribution in [2.75, 3.05) is 0 Å². The molecule has 15 heavy (non-hydrogen) atoms. The second-order valence-corrected chi connectivity index (χ2v) is 6.39. The zero-order valence-electron chi connectivity index (χ0n) is 10.3. The van der Waals surface area contributed by atoms with E-state index >= 15 is 0 Å². The van der Waals surface area contributed by atoms with E-state index in [4.69, 9.17) is 0 Å². The molecule has 0 aromatic heterocycles. The molecule has 2 aliphatic rings. The Morgan fingerprint density at radius 1 is 1.33 bits per heavy atom. The Hall–Kier alpha value is -0.590. The van der Waals surface area contributed by atoms with Crippen molar-refractivity contribution in [1.82, 2.24) is 0 Å². The lowest BCUT2D eigenvalue weighted by molar-refractivity contribution is -0.121. The highest BCUT2D eigenvalue weighted by molar-refractivity contribution is 5.91. The van der Waals surface area contributed by atoms with Crippen LogP contribution in [0.1, 0.15) is 47.0 Å². The maximum Gasteiger partial charge on any atom is 0.155 e. The molecule has 1 nitrogen and oxygen atoms in total. The minimum atomic E-state index is 0.224. The molecule has 3 unspecified atom stereocenters. The van der Waals surface area contributed by atoms with Crippen LogP contribution in [0.15, 0.2) is 12.2 Å². The Morgan fingerprint density at radius 2 is 2.00 bits per heavy atom. The third-order valence-electron chi connectivity index (χ3n) is 5.02. The third-order valence-corrected chi connectivity index (χ3v) is 5.02. The Kier molecular flexibility index (Phi) is 2.33. The highest BCUT2D eigenvalue weighted by Gasteiger charge is 2.50. The molecule has 0 amide bonds. The molecule has 1 fully saturated rings. The van der Waals surface area contributed by atoms with Gasteiger partial charge in [0.2, 0.25) is 0 Å². The van der Waals surface area contributed by atoms with Crippen LogP contribution in [0.25, 0.3) is 0 Å². The number of carbonyl (C=O) groups is 1. The zero-order valence-corrected chi connectivity index (χ0v) is 10.3. The molecular weight excluding hydrogens is 184 g/mol. The molecule has 2 aliphatic carbocycles. The summed E-state index contributed by atoms with van der Waals surface area (Å²) in [6.07, 6.45) is 7.22. The molecule has 1 saturated carbocycles. The van der Waals surface area contributed by atoms with E-state index in [1.54, 1.807) is 0 Å². The van der Waals surface area contributed by atoms with Crippen molar-refractivity contribution in [3.05, 3.63) is 12.2 Å². The van der Waals surface area contributed by atoms with E-state index in [9.17, 15) is 4.79 Å². The van der Waals surface area contributed by atoms with Crippen LogP contribution in [0.5, 0.6) is 0 Å². The van der Waals surface area contributed by atoms with Gasteiger partial charge in [-0.05, 0) is 41.6 Å². The van der Waals surface area contributed by atoms with Crippen LogP contribution in [-0.4, -0.2) is 5.78 Å². The monoisotopic (exact) mass is 206 g/mol. The molecule has 0 aromatic carbocycles.